The maximum absolute atomic E-state index is 14.6. The maximum atomic E-state index is 14.6. The number of sulfonamides is 1. The van der Waals surface area contributed by atoms with Crippen LogP contribution in [0.25, 0.3) is 0 Å². The molecular formula is C29H36Cl2N2O5S. The molecule has 0 spiro atoms. The van der Waals surface area contributed by atoms with Crippen molar-refractivity contribution in [2.75, 3.05) is 6.54 Å². The Morgan fingerprint density at radius 3 is 2.31 bits per heavy atom. The number of carboxylic acids is 1. The third-order valence-corrected chi connectivity index (χ3v) is 10.6. The molecule has 1 aliphatic heterocycles. The van der Waals surface area contributed by atoms with Gasteiger partial charge in [0.2, 0.25) is 15.9 Å². The summed E-state index contributed by atoms with van der Waals surface area (Å²) < 4.78 is 28.3. The maximum Gasteiger partial charge on any atom is 0.304 e. The van der Waals surface area contributed by atoms with Crippen LogP contribution in [0.3, 0.4) is 0 Å². The molecule has 1 amide bonds. The van der Waals surface area contributed by atoms with Crippen LogP contribution in [0.1, 0.15) is 76.0 Å². The van der Waals surface area contributed by atoms with E-state index >= 15 is 0 Å². The SMILES string of the molecule is CC[C@]1(CC(=O)O)CC(c2cccc(Cl)c2)[C@@H](c2ccc(Cl)cc2)N(C(CNS(=O)(=O)C(C)C)C2CC2)C1=O. The number of likely N-dealkylation sites (tertiary alicyclic amines) is 1. The number of carbonyl (C=O) groups is 2. The molecule has 2 aliphatic rings. The average molecular weight is 596 g/mol. The number of benzene rings is 2. The highest BCUT2D eigenvalue weighted by atomic mass is 35.5. The first-order valence-corrected chi connectivity index (χ1v) is 15.7. The van der Waals surface area contributed by atoms with E-state index in [1.54, 1.807) is 32.0 Å². The number of carboxylic acid groups (broad SMARTS) is 1. The van der Waals surface area contributed by atoms with Crippen molar-refractivity contribution >= 4 is 45.1 Å². The van der Waals surface area contributed by atoms with Crippen molar-refractivity contribution in [1.29, 1.82) is 0 Å². The highest BCUT2D eigenvalue weighted by molar-refractivity contribution is 7.90. The Morgan fingerprint density at radius 1 is 1.10 bits per heavy atom. The summed E-state index contributed by atoms with van der Waals surface area (Å²) in [5.74, 6) is -1.45. The molecule has 7 nitrogen and oxygen atoms in total. The number of aliphatic carboxylic acids is 1. The summed E-state index contributed by atoms with van der Waals surface area (Å²) in [6, 6.07) is 13.9. The van der Waals surface area contributed by atoms with Crippen molar-refractivity contribution in [1.82, 2.24) is 9.62 Å². The van der Waals surface area contributed by atoms with Gasteiger partial charge in [0, 0.05) is 28.5 Å². The molecule has 1 saturated heterocycles. The first-order chi connectivity index (χ1) is 18.4. The van der Waals surface area contributed by atoms with Crippen LogP contribution >= 0.6 is 23.2 Å². The molecule has 1 aliphatic carbocycles. The molecule has 0 aromatic heterocycles. The highest BCUT2D eigenvalue weighted by Crippen LogP contribution is 2.55. The lowest BCUT2D eigenvalue weighted by Crippen LogP contribution is -2.59. The second-order valence-corrected chi connectivity index (χ2v) is 14.3. The summed E-state index contributed by atoms with van der Waals surface area (Å²) >= 11 is 12.6. The predicted octanol–water partition coefficient (Wildman–Crippen LogP) is 6.03. The number of amides is 1. The lowest BCUT2D eigenvalue weighted by atomic mass is 9.64. The van der Waals surface area contributed by atoms with Crippen molar-refractivity contribution in [3.05, 3.63) is 69.7 Å². The number of nitrogens with one attached hydrogen (secondary N) is 1. The van der Waals surface area contributed by atoms with E-state index in [2.05, 4.69) is 4.72 Å². The summed E-state index contributed by atoms with van der Waals surface area (Å²) in [6.45, 7) is 5.14. The van der Waals surface area contributed by atoms with Crippen LogP contribution in [0.2, 0.25) is 10.0 Å². The number of hydrogen-bond donors (Lipinski definition) is 2. The van der Waals surface area contributed by atoms with Gasteiger partial charge in [-0.25, -0.2) is 13.1 Å². The Hall–Kier alpha value is -2.13. The fourth-order valence-electron chi connectivity index (χ4n) is 5.86. The Kier molecular flexibility index (Phi) is 9.01. The molecule has 2 aromatic rings. The standard InChI is InChI=1S/C29H36Cl2N2O5S/c1-4-29(16-26(34)35)15-24(21-6-5-7-23(31)14-21)27(20-10-12-22(30)13-11-20)33(28(29)36)25(19-8-9-19)17-32-39(37,38)18(2)3/h5-7,10-14,18-19,24-25,27,32H,4,8-9,15-17H2,1-3H3,(H,34,35)/t24?,25?,27-,29-/m1/s1. The molecule has 0 radical (unpaired) electrons. The molecule has 39 heavy (non-hydrogen) atoms. The Bertz CT molecular complexity index is 1310. The minimum atomic E-state index is -3.58. The number of piperidine rings is 1. The van der Waals surface area contributed by atoms with Crippen molar-refractivity contribution in [3.63, 3.8) is 0 Å². The predicted molar refractivity (Wildman–Crippen MR) is 153 cm³/mol. The molecular weight excluding hydrogens is 559 g/mol. The van der Waals surface area contributed by atoms with Crippen LogP contribution < -0.4 is 4.72 Å². The molecule has 212 valence electrons. The van der Waals surface area contributed by atoms with Gasteiger partial charge < -0.3 is 10.0 Å². The van der Waals surface area contributed by atoms with Crippen LogP contribution in [-0.4, -0.2) is 48.1 Å². The van der Waals surface area contributed by atoms with E-state index in [-0.39, 0.29) is 30.7 Å². The number of halogens is 2. The van der Waals surface area contributed by atoms with E-state index in [1.165, 1.54) is 0 Å². The van der Waals surface area contributed by atoms with E-state index in [1.807, 2.05) is 42.2 Å². The van der Waals surface area contributed by atoms with Gasteiger partial charge in [-0.1, -0.05) is 54.4 Å². The summed E-state index contributed by atoms with van der Waals surface area (Å²) in [4.78, 5) is 28.5. The smallest absolute Gasteiger partial charge is 0.304 e. The summed E-state index contributed by atoms with van der Waals surface area (Å²) in [5, 5.41) is 10.4. The molecule has 1 heterocycles. The number of hydrogen-bond acceptors (Lipinski definition) is 4. The van der Waals surface area contributed by atoms with Gasteiger partial charge in [-0.2, -0.15) is 0 Å². The van der Waals surface area contributed by atoms with Gasteiger partial charge in [0.15, 0.2) is 0 Å². The first-order valence-electron chi connectivity index (χ1n) is 13.4. The molecule has 0 bridgehead atoms. The summed E-state index contributed by atoms with van der Waals surface area (Å²) in [6.07, 6.45) is 2.09. The Labute approximate surface area is 240 Å². The lowest BCUT2D eigenvalue weighted by Gasteiger charge is -2.53. The zero-order valence-electron chi connectivity index (χ0n) is 22.4. The molecule has 2 N–H and O–H groups in total. The van der Waals surface area contributed by atoms with Gasteiger partial charge >= 0.3 is 5.97 Å². The van der Waals surface area contributed by atoms with E-state index in [4.69, 9.17) is 23.2 Å². The largest absolute Gasteiger partial charge is 0.481 e. The average Bonchev–Trinajstić information content (AvgIpc) is 3.71. The van der Waals surface area contributed by atoms with E-state index in [0.29, 0.717) is 22.9 Å². The van der Waals surface area contributed by atoms with E-state index in [0.717, 1.165) is 24.0 Å². The Balaban J connectivity index is 1.91. The normalized spacial score (nSPS) is 24.7. The minimum absolute atomic E-state index is 0.0656. The van der Waals surface area contributed by atoms with Crippen molar-refractivity contribution in [3.8, 4) is 0 Å². The second-order valence-electron chi connectivity index (χ2n) is 11.1. The molecule has 4 rings (SSSR count). The topological polar surface area (TPSA) is 104 Å². The lowest BCUT2D eigenvalue weighted by molar-refractivity contribution is -0.162. The van der Waals surface area contributed by atoms with Crippen molar-refractivity contribution < 1.29 is 23.1 Å². The van der Waals surface area contributed by atoms with Crippen molar-refractivity contribution in [2.24, 2.45) is 11.3 Å². The quantitative estimate of drug-likeness (QED) is 0.330. The number of nitrogens with zero attached hydrogens (tertiary/aromatic N) is 1. The number of carbonyl (C=O) groups excluding carboxylic acids is 1. The van der Waals surface area contributed by atoms with Crippen molar-refractivity contribution in [2.45, 2.75) is 76.1 Å². The third kappa shape index (κ3) is 6.45. The van der Waals surface area contributed by atoms with Gasteiger partial charge in [0.25, 0.3) is 0 Å². The van der Waals surface area contributed by atoms with E-state index in [9.17, 15) is 23.1 Å². The van der Waals surface area contributed by atoms with Crippen LogP contribution in [0, 0.1) is 11.3 Å². The minimum Gasteiger partial charge on any atom is -0.481 e. The molecule has 10 heteroatoms. The van der Waals surface area contributed by atoms with E-state index < -0.39 is 38.7 Å². The van der Waals surface area contributed by atoms with Gasteiger partial charge in [-0.15, -0.1) is 0 Å². The zero-order chi connectivity index (χ0) is 28.5. The Morgan fingerprint density at radius 2 is 1.77 bits per heavy atom. The molecule has 2 unspecified atom stereocenters. The third-order valence-electron chi connectivity index (χ3n) is 8.27. The molecule has 4 atom stereocenters. The van der Waals surface area contributed by atoms with Crippen LogP contribution in [0.5, 0.6) is 0 Å². The van der Waals surface area contributed by atoms with Gasteiger partial charge in [-0.05, 0) is 80.8 Å². The summed E-state index contributed by atoms with van der Waals surface area (Å²) in [5.41, 5.74) is 0.613. The highest BCUT2D eigenvalue weighted by Gasteiger charge is 2.55. The van der Waals surface area contributed by atoms with Gasteiger partial charge in [0.1, 0.15) is 0 Å². The second kappa shape index (κ2) is 11.8. The van der Waals surface area contributed by atoms with Crippen LogP contribution in [0.15, 0.2) is 48.5 Å². The van der Waals surface area contributed by atoms with Crippen LogP contribution in [-0.2, 0) is 19.6 Å². The summed E-state index contributed by atoms with van der Waals surface area (Å²) in [7, 11) is -3.58. The van der Waals surface area contributed by atoms with Gasteiger partial charge in [-0.3, -0.25) is 9.59 Å². The van der Waals surface area contributed by atoms with Crippen LogP contribution in [0.4, 0.5) is 0 Å². The number of rotatable bonds is 11. The molecule has 1 saturated carbocycles. The fourth-order valence-corrected chi connectivity index (χ4v) is 6.92. The molecule has 2 fully saturated rings. The zero-order valence-corrected chi connectivity index (χ0v) is 24.8. The monoisotopic (exact) mass is 594 g/mol. The first kappa shape index (κ1) is 29.8. The molecule has 2 aromatic carbocycles. The fraction of sp³-hybridized carbons (Fsp3) is 0.517. The van der Waals surface area contributed by atoms with Gasteiger partial charge in [0.05, 0.1) is 23.1 Å².